The van der Waals surface area contributed by atoms with Crippen molar-refractivity contribution in [2.45, 2.75) is 70.6 Å². The number of hydrogen-bond acceptors (Lipinski definition) is 5. The van der Waals surface area contributed by atoms with Gasteiger partial charge in [0.15, 0.2) is 0 Å². The molecular formula is C18H37NO4Si. The molecule has 2 aliphatic heterocycles. The Morgan fingerprint density at radius 2 is 1.50 bits per heavy atom. The first-order valence-corrected chi connectivity index (χ1v) is 11.8. The highest BCUT2D eigenvalue weighted by molar-refractivity contribution is 6.44. The van der Waals surface area contributed by atoms with Gasteiger partial charge in [-0.3, -0.25) is 4.90 Å². The molecule has 2 atom stereocenters. The van der Waals surface area contributed by atoms with Gasteiger partial charge in [-0.25, -0.2) is 0 Å². The van der Waals surface area contributed by atoms with Crippen molar-refractivity contribution in [2.75, 3.05) is 46.1 Å². The Hall–Kier alpha value is 0.0169. The quantitative estimate of drug-likeness (QED) is 0.373. The van der Waals surface area contributed by atoms with Crippen molar-refractivity contribution in [3.8, 4) is 0 Å². The van der Waals surface area contributed by atoms with E-state index in [1.54, 1.807) is 0 Å². The maximum Gasteiger partial charge on any atom is 0.321 e. The van der Waals surface area contributed by atoms with Gasteiger partial charge in [-0.2, -0.15) is 0 Å². The Kier molecular flexibility index (Phi) is 10.5. The SMILES string of the molecule is CCO[SiH](CCCCN(CC1CCCO1)CC1CCCO1)OCC. The molecule has 0 aromatic heterocycles. The average Bonchev–Trinajstić information content (AvgIpc) is 3.25. The number of nitrogens with zero attached hydrogens (tertiary/aromatic N) is 1. The number of unbranched alkanes of at least 4 members (excludes halogenated alkanes) is 1. The smallest absolute Gasteiger partial charge is 0.321 e. The molecule has 0 radical (unpaired) electrons. The maximum absolute atomic E-state index is 5.84. The highest BCUT2D eigenvalue weighted by Crippen LogP contribution is 2.18. The minimum absolute atomic E-state index is 0.431. The Morgan fingerprint density at radius 1 is 0.917 bits per heavy atom. The van der Waals surface area contributed by atoms with E-state index in [0.717, 1.165) is 52.1 Å². The largest absolute Gasteiger partial charge is 0.397 e. The van der Waals surface area contributed by atoms with Crippen LogP contribution >= 0.6 is 0 Å². The van der Waals surface area contributed by atoms with Gasteiger partial charge in [0.05, 0.1) is 12.2 Å². The molecule has 2 unspecified atom stereocenters. The molecule has 24 heavy (non-hydrogen) atoms. The van der Waals surface area contributed by atoms with Crippen molar-refractivity contribution < 1.29 is 18.3 Å². The molecule has 0 spiro atoms. The van der Waals surface area contributed by atoms with Crippen LogP contribution in [0.2, 0.25) is 6.04 Å². The van der Waals surface area contributed by atoms with Crippen LogP contribution in [0.15, 0.2) is 0 Å². The van der Waals surface area contributed by atoms with Crippen molar-refractivity contribution in [1.29, 1.82) is 0 Å². The molecule has 0 saturated carbocycles. The molecule has 0 aromatic rings. The van der Waals surface area contributed by atoms with Crippen LogP contribution in [0, 0.1) is 0 Å². The van der Waals surface area contributed by atoms with E-state index in [-0.39, 0.29) is 0 Å². The minimum Gasteiger partial charge on any atom is -0.397 e. The molecular weight excluding hydrogens is 322 g/mol. The zero-order chi connectivity index (χ0) is 17.0. The topological polar surface area (TPSA) is 40.2 Å². The molecule has 0 amide bonds. The van der Waals surface area contributed by atoms with Gasteiger partial charge >= 0.3 is 9.28 Å². The Balaban J connectivity index is 1.68. The second-order valence-electron chi connectivity index (χ2n) is 6.87. The molecule has 2 saturated heterocycles. The van der Waals surface area contributed by atoms with Crippen LogP contribution < -0.4 is 0 Å². The summed E-state index contributed by atoms with van der Waals surface area (Å²) in [6.07, 6.45) is 8.13. The first kappa shape index (κ1) is 20.3. The van der Waals surface area contributed by atoms with Crippen LogP contribution in [0.1, 0.15) is 52.4 Å². The predicted octanol–water partition coefficient (Wildman–Crippen LogP) is 2.72. The molecule has 2 fully saturated rings. The standard InChI is InChI=1S/C18H37NO4Si/c1-3-22-24(23-4-2)14-6-5-11-19(15-17-9-7-12-20-17)16-18-10-8-13-21-18/h17-18,24H,3-16H2,1-2H3. The molecule has 2 aliphatic rings. The zero-order valence-electron chi connectivity index (χ0n) is 15.7. The van der Waals surface area contributed by atoms with Gasteiger partial charge < -0.3 is 18.3 Å². The van der Waals surface area contributed by atoms with Gasteiger partial charge in [0.25, 0.3) is 0 Å². The van der Waals surface area contributed by atoms with Gasteiger partial charge in [0.2, 0.25) is 0 Å². The average molecular weight is 360 g/mol. The lowest BCUT2D eigenvalue weighted by molar-refractivity contribution is 0.0371. The third kappa shape index (κ3) is 7.93. The van der Waals surface area contributed by atoms with E-state index in [9.17, 15) is 0 Å². The van der Waals surface area contributed by atoms with E-state index in [1.165, 1.54) is 38.5 Å². The Morgan fingerprint density at radius 3 is 1.96 bits per heavy atom. The third-order valence-electron chi connectivity index (χ3n) is 4.84. The van der Waals surface area contributed by atoms with E-state index >= 15 is 0 Å². The summed E-state index contributed by atoms with van der Waals surface area (Å²) < 4.78 is 23.2. The molecule has 142 valence electrons. The molecule has 0 bridgehead atoms. The van der Waals surface area contributed by atoms with E-state index in [0.29, 0.717) is 12.2 Å². The van der Waals surface area contributed by atoms with Crippen LogP contribution in [0.25, 0.3) is 0 Å². The molecule has 0 N–H and O–H groups in total. The van der Waals surface area contributed by atoms with Crippen LogP contribution in [0.5, 0.6) is 0 Å². The molecule has 2 rings (SSSR count). The summed E-state index contributed by atoms with van der Waals surface area (Å²) in [4.78, 5) is 2.57. The van der Waals surface area contributed by atoms with Crippen molar-refractivity contribution in [3.63, 3.8) is 0 Å². The molecule has 6 heteroatoms. The van der Waals surface area contributed by atoms with Crippen molar-refractivity contribution in [3.05, 3.63) is 0 Å². The fourth-order valence-corrected chi connectivity index (χ4v) is 5.44. The van der Waals surface area contributed by atoms with Crippen LogP contribution in [0.4, 0.5) is 0 Å². The second kappa shape index (κ2) is 12.4. The summed E-state index contributed by atoms with van der Waals surface area (Å²) in [6, 6.07) is 1.12. The zero-order valence-corrected chi connectivity index (χ0v) is 16.9. The first-order valence-electron chi connectivity index (χ1n) is 10.0. The monoisotopic (exact) mass is 359 g/mol. The summed E-state index contributed by atoms with van der Waals surface area (Å²) in [7, 11) is -1.43. The summed E-state index contributed by atoms with van der Waals surface area (Å²) in [6.45, 7) is 10.8. The van der Waals surface area contributed by atoms with Gasteiger partial charge in [0.1, 0.15) is 0 Å². The molecule has 2 heterocycles. The normalized spacial score (nSPS) is 24.5. The van der Waals surface area contributed by atoms with Crippen LogP contribution in [-0.2, 0) is 18.3 Å². The Labute approximate surface area is 149 Å². The lowest BCUT2D eigenvalue weighted by atomic mass is 10.2. The Bertz CT molecular complexity index is 285. The van der Waals surface area contributed by atoms with E-state index in [2.05, 4.69) is 18.7 Å². The lowest BCUT2D eigenvalue weighted by Gasteiger charge is -2.27. The molecule has 5 nitrogen and oxygen atoms in total. The van der Waals surface area contributed by atoms with Crippen LogP contribution in [-0.4, -0.2) is 72.5 Å². The predicted molar refractivity (Wildman–Crippen MR) is 98.8 cm³/mol. The highest BCUT2D eigenvalue weighted by Gasteiger charge is 2.23. The minimum atomic E-state index is -1.43. The van der Waals surface area contributed by atoms with Crippen LogP contribution in [0.3, 0.4) is 0 Å². The maximum atomic E-state index is 5.84. The lowest BCUT2D eigenvalue weighted by Crippen LogP contribution is -2.38. The van der Waals surface area contributed by atoms with Gasteiger partial charge in [-0.1, -0.05) is 6.42 Å². The van der Waals surface area contributed by atoms with Crippen molar-refractivity contribution >= 4 is 9.28 Å². The highest BCUT2D eigenvalue weighted by atomic mass is 28.3. The fraction of sp³-hybridized carbons (Fsp3) is 1.00. The fourth-order valence-electron chi connectivity index (χ4n) is 3.64. The van der Waals surface area contributed by atoms with E-state index in [1.807, 2.05) is 0 Å². The third-order valence-corrected chi connectivity index (χ3v) is 7.13. The summed E-state index contributed by atoms with van der Waals surface area (Å²) in [5, 5.41) is 0. The summed E-state index contributed by atoms with van der Waals surface area (Å²) in [5.74, 6) is 0. The summed E-state index contributed by atoms with van der Waals surface area (Å²) >= 11 is 0. The number of hydrogen-bond donors (Lipinski definition) is 0. The van der Waals surface area contributed by atoms with E-state index in [4.69, 9.17) is 18.3 Å². The van der Waals surface area contributed by atoms with Gasteiger partial charge in [-0.05, 0) is 58.5 Å². The number of rotatable bonds is 13. The van der Waals surface area contributed by atoms with Crippen molar-refractivity contribution in [1.82, 2.24) is 4.90 Å². The summed E-state index contributed by atoms with van der Waals surface area (Å²) in [5.41, 5.74) is 0. The second-order valence-corrected chi connectivity index (χ2v) is 8.97. The van der Waals surface area contributed by atoms with E-state index < -0.39 is 9.28 Å². The van der Waals surface area contributed by atoms with Crippen molar-refractivity contribution in [2.24, 2.45) is 0 Å². The first-order chi connectivity index (χ1) is 11.8. The molecule has 0 aromatic carbocycles. The number of ether oxygens (including phenoxy) is 2. The molecule has 0 aliphatic carbocycles. The van der Waals surface area contributed by atoms with Gasteiger partial charge in [0, 0.05) is 39.5 Å². The van der Waals surface area contributed by atoms with Gasteiger partial charge in [-0.15, -0.1) is 0 Å².